The Hall–Kier alpha value is -6.67. The van der Waals surface area contributed by atoms with Gasteiger partial charge in [0.25, 0.3) is 0 Å². The largest absolute Gasteiger partial charge is 0.465 e. The maximum Gasteiger partial charge on any atom is 0.310 e. The average molecular weight is 1930 g/mol. The predicted molar refractivity (Wildman–Crippen MR) is 513 cm³/mol. The lowest BCUT2D eigenvalue weighted by molar-refractivity contribution is -0.166. The van der Waals surface area contributed by atoms with Gasteiger partial charge in [-0.2, -0.15) is 11.8 Å². The molecule has 10 fully saturated rings. The Labute approximate surface area is 816 Å². The van der Waals surface area contributed by atoms with Crippen LogP contribution in [-0.2, 0) is 124 Å². The van der Waals surface area contributed by atoms with Gasteiger partial charge < -0.3 is 66.4 Å². The van der Waals surface area contributed by atoms with Crippen molar-refractivity contribution in [3.63, 3.8) is 0 Å². The molecule has 11 atom stereocenters. The number of Topliss-reactive ketones (excluding diaryl/α,β-unsaturated/α-hetero) is 2. The second-order valence-electron chi connectivity index (χ2n) is 42.7. The van der Waals surface area contributed by atoms with E-state index in [0.29, 0.717) is 141 Å². The van der Waals surface area contributed by atoms with Gasteiger partial charge in [0.2, 0.25) is 0 Å². The second-order valence-corrected chi connectivity index (χ2v) is 43.9. The molecule has 770 valence electrons. The lowest BCUT2D eigenvalue weighted by Crippen LogP contribution is -2.39. The molecule has 0 saturated heterocycles. The van der Waals surface area contributed by atoms with E-state index < -0.39 is 179 Å². The van der Waals surface area contributed by atoms with Gasteiger partial charge in [0.15, 0.2) is 0 Å². The van der Waals surface area contributed by atoms with Crippen LogP contribution in [0.1, 0.15) is 451 Å². The van der Waals surface area contributed by atoms with E-state index in [1.54, 1.807) is 13.8 Å². The van der Waals surface area contributed by atoms with E-state index in [-0.39, 0.29) is 132 Å². The molecule has 136 heavy (non-hydrogen) atoms. The van der Waals surface area contributed by atoms with Crippen molar-refractivity contribution in [2.24, 2.45) is 65.1 Å². The molecule has 0 aromatic heterocycles. The summed E-state index contributed by atoms with van der Waals surface area (Å²) in [5, 5.41) is 0. The lowest BCUT2D eigenvalue weighted by Gasteiger charge is -2.33. The fraction of sp³-hybridized carbons (Fsp3) is 0.872. The molecule has 26 nitrogen and oxygen atoms in total. The first kappa shape index (κ1) is 111. The van der Waals surface area contributed by atoms with Crippen LogP contribution in [0.25, 0.3) is 0 Å². The van der Waals surface area contributed by atoms with Crippen molar-refractivity contribution in [2.45, 2.75) is 512 Å². The molecule has 0 heterocycles. The molecule has 0 amide bonds. The summed E-state index contributed by atoms with van der Waals surface area (Å²) >= 11 is 1.34. The molecule has 10 rings (SSSR count). The first-order valence-electron chi connectivity index (χ1n) is 54.9. The standard InChI is InChI=1S/C109H172O26S/c1-75(99(113)126-88-40-17-5-18-41-88)64-79(101(115)127-89-42-19-6-20-43-89)66-80(102(116)128-90-44-21-7-22-45-90)67-81(103(117)129-91-46-23-8-24-47-91)68-82(104(118)130-92-48-25-9-26-49-92)69-83(105(119)131-93-50-27-10-28-51-93)70-84(106(120)132-94-52-29-11-30-53-94)71-85(107(121)133-95-54-31-12-32-55-95)72-86(108(122)134-96-56-33-13-34-57-96)73-87(109(123)135-97-58-35-14-36-59-97)74-136-63-62-124-98(112)60-37-61-125-100(114)78(65-77(3)111)39-16-4-15-38-76(2)110/h75,78-97H,4-74H2,1-3H3. The quantitative estimate of drug-likeness (QED) is 0.0310. The molecule has 0 spiro atoms. The van der Waals surface area contributed by atoms with Gasteiger partial charge in [-0.3, -0.25) is 57.5 Å². The normalized spacial score (nSPS) is 21.9. The van der Waals surface area contributed by atoms with E-state index >= 15 is 43.2 Å². The number of esters is 12. The summed E-state index contributed by atoms with van der Waals surface area (Å²) in [5.74, 6) is -19.1. The number of unbranched alkanes of at least 4 members (excludes halogenated alkanes) is 2. The summed E-state index contributed by atoms with van der Waals surface area (Å²) < 4.78 is 76.6. The monoisotopic (exact) mass is 1930 g/mol. The minimum absolute atomic E-state index is 0.0119. The van der Waals surface area contributed by atoms with Crippen LogP contribution in [0, 0.1) is 65.1 Å². The Balaban J connectivity index is 0.988. The second kappa shape index (κ2) is 62.6. The molecule has 0 N–H and O–H groups in total. The molecule has 27 heteroatoms. The fourth-order valence-corrected chi connectivity index (χ4v) is 23.8. The molecular formula is C109H172O26S. The topological polar surface area (TPSA) is 350 Å². The zero-order chi connectivity index (χ0) is 96.6. The zero-order valence-electron chi connectivity index (χ0n) is 83.4. The highest BCUT2D eigenvalue weighted by Gasteiger charge is 2.46. The van der Waals surface area contributed by atoms with Gasteiger partial charge in [0.1, 0.15) is 79.2 Å². The van der Waals surface area contributed by atoms with Crippen molar-refractivity contribution in [3.8, 4) is 0 Å². The van der Waals surface area contributed by atoms with Crippen molar-refractivity contribution < 1.29 is 124 Å². The maximum atomic E-state index is 16.2. The summed E-state index contributed by atoms with van der Waals surface area (Å²) in [5.41, 5.74) is 0. The smallest absolute Gasteiger partial charge is 0.310 e. The molecular weight excluding hydrogens is 1760 g/mol. The van der Waals surface area contributed by atoms with E-state index in [0.717, 1.165) is 212 Å². The summed E-state index contributed by atoms with van der Waals surface area (Å²) in [6.07, 6.45) is 35.4. The van der Waals surface area contributed by atoms with Crippen LogP contribution in [0.2, 0.25) is 0 Å². The summed E-state index contributed by atoms with van der Waals surface area (Å²) in [4.78, 5) is 207. The van der Waals surface area contributed by atoms with Crippen LogP contribution in [0.3, 0.4) is 0 Å². The van der Waals surface area contributed by atoms with Crippen LogP contribution in [0.4, 0.5) is 0 Å². The molecule has 0 aromatic carbocycles. The number of rotatable bonds is 56. The third kappa shape index (κ3) is 41.9. The Bertz CT molecular complexity index is 3620. The Kier molecular flexibility index (Phi) is 51.2. The fourth-order valence-electron chi connectivity index (χ4n) is 22.9. The van der Waals surface area contributed by atoms with E-state index in [4.69, 9.17) is 56.8 Å². The van der Waals surface area contributed by atoms with Crippen LogP contribution in [0.15, 0.2) is 0 Å². The van der Waals surface area contributed by atoms with Crippen LogP contribution >= 0.6 is 11.8 Å². The van der Waals surface area contributed by atoms with Gasteiger partial charge in [-0.25, -0.2) is 0 Å². The summed E-state index contributed by atoms with van der Waals surface area (Å²) in [6, 6.07) is 0. The predicted octanol–water partition coefficient (Wildman–Crippen LogP) is 22.2. The molecule has 10 saturated carbocycles. The Morgan fingerprint density at radius 2 is 0.463 bits per heavy atom. The van der Waals surface area contributed by atoms with E-state index in [1.807, 2.05) is 0 Å². The SMILES string of the molecule is CC(=O)CCCCCC(CC(C)=O)C(=O)OCCCC(=O)OCCSCC(CC(CC(CC(CC(CC(CC(CC(CC(CC(C)C(=O)OC1CCCCC1)C(=O)OC1CCCCC1)C(=O)OC1CCCCC1)C(=O)OC1CCCCC1)C(=O)OC1CCCCC1)C(=O)OC1CCCCC1)C(=O)OC1CCCCC1)C(=O)OC1CCCCC1)C(=O)OC1CCCCC1)C(=O)OC1CCCCC1. The Morgan fingerprint density at radius 3 is 0.713 bits per heavy atom. The molecule has 11 unspecified atom stereocenters. The van der Waals surface area contributed by atoms with Crippen molar-refractivity contribution in [2.75, 3.05) is 24.7 Å². The third-order valence-electron chi connectivity index (χ3n) is 31.0. The van der Waals surface area contributed by atoms with Crippen molar-refractivity contribution in [3.05, 3.63) is 0 Å². The first-order valence-corrected chi connectivity index (χ1v) is 56.0. The molecule has 10 aliphatic rings. The highest BCUT2D eigenvalue weighted by Crippen LogP contribution is 2.43. The van der Waals surface area contributed by atoms with Crippen LogP contribution < -0.4 is 0 Å². The minimum Gasteiger partial charge on any atom is -0.465 e. The number of carbonyl (C=O) groups excluding carboxylic acids is 14. The molecule has 0 aliphatic heterocycles. The van der Waals surface area contributed by atoms with Gasteiger partial charge in [-0.05, 0) is 348 Å². The van der Waals surface area contributed by atoms with Crippen molar-refractivity contribution in [1.82, 2.24) is 0 Å². The van der Waals surface area contributed by atoms with Crippen LogP contribution in [-0.4, -0.2) is 169 Å². The highest BCUT2D eigenvalue weighted by molar-refractivity contribution is 7.99. The number of thioether (sulfide) groups is 1. The lowest BCUT2D eigenvalue weighted by atomic mass is 9.76. The third-order valence-corrected chi connectivity index (χ3v) is 32.1. The molecule has 10 aliphatic carbocycles. The summed E-state index contributed by atoms with van der Waals surface area (Å²) in [6.45, 7) is 4.62. The van der Waals surface area contributed by atoms with Gasteiger partial charge in [0, 0.05) is 30.8 Å². The summed E-state index contributed by atoms with van der Waals surface area (Å²) in [7, 11) is 0. The molecule has 0 bridgehead atoms. The minimum atomic E-state index is -1.32. The van der Waals surface area contributed by atoms with E-state index in [2.05, 4.69) is 0 Å². The van der Waals surface area contributed by atoms with Crippen LogP contribution in [0.5, 0.6) is 0 Å². The number of ether oxygens (including phenoxy) is 12. The van der Waals surface area contributed by atoms with Gasteiger partial charge in [0.05, 0.1) is 71.7 Å². The highest BCUT2D eigenvalue weighted by atomic mass is 32.2. The maximum absolute atomic E-state index is 16.2. The first-order chi connectivity index (χ1) is 65.9. The van der Waals surface area contributed by atoms with Crippen molar-refractivity contribution in [1.29, 1.82) is 0 Å². The number of carbonyl (C=O) groups is 14. The number of hydrogen-bond acceptors (Lipinski definition) is 27. The molecule has 0 aromatic rings. The number of hydrogen-bond donors (Lipinski definition) is 0. The van der Waals surface area contributed by atoms with E-state index in [9.17, 15) is 24.0 Å². The zero-order valence-corrected chi connectivity index (χ0v) is 84.2. The van der Waals surface area contributed by atoms with Gasteiger partial charge in [-0.1, -0.05) is 84.0 Å². The van der Waals surface area contributed by atoms with Gasteiger partial charge in [-0.15, -0.1) is 0 Å². The van der Waals surface area contributed by atoms with E-state index in [1.165, 1.54) is 18.7 Å². The Morgan fingerprint density at radius 1 is 0.228 bits per heavy atom. The molecule has 0 radical (unpaired) electrons. The number of ketones is 2. The van der Waals surface area contributed by atoms with Gasteiger partial charge >= 0.3 is 71.6 Å². The average Bonchev–Trinajstić information content (AvgIpc) is 0.821. The van der Waals surface area contributed by atoms with Crippen molar-refractivity contribution >= 4 is 95.0 Å².